The van der Waals surface area contributed by atoms with Crippen molar-refractivity contribution in [1.82, 2.24) is 4.98 Å². The van der Waals surface area contributed by atoms with Gasteiger partial charge >= 0.3 is 7.48 Å². The molecule has 0 fully saturated rings. The molecule has 0 saturated carbocycles. The summed E-state index contributed by atoms with van der Waals surface area (Å²) in [4.78, 5) is 3.08. The molecular weight excluding hydrogens is 149 g/mol. The van der Waals surface area contributed by atoms with Crippen molar-refractivity contribution in [3.05, 3.63) is 29.5 Å². The molecule has 0 aromatic carbocycles. The van der Waals surface area contributed by atoms with Crippen LogP contribution in [0.3, 0.4) is 0 Å². The third kappa shape index (κ3) is 1.23. The molecule has 59 valence electrons. The third-order valence-corrected chi connectivity index (χ3v) is 1.89. The van der Waals surface area contributed by atoms with Gasteiger partial charge in [0.15, 0.2) is 0 Å². The Morgan fingerprint density at radius 1 is 1.33 bits per heavy atom. The molecule has 0 atom stereocenters. The van der Waals surface area contributed by atoms with Gasteiger partial charge in [-0.1, -0.05) is 18.2 Å². The van der Waals surface area contributed by atoms with Crippen LogP contribution in [-0.2, 0) is 0 Å². The van der Waals surface area contributed by atoms with Crippen LogP contribution < -0.4 is 5.59 Å². The molecule has 2 rings (SSSR count). The summed E-state index contributed by atoms with van der Waals surface area (Å²) < 4.78 is 0. The van der Waals surface area contributed by atoms with Crippen LogP contribution in [0.2, 0.25) is 0 Å². The van der Waals surface area contributed by atoms with Crippen molar-refractivity contribution in [3.63, 3.8) is 0 Å². The molecule has 1 radical (unpaired) electrons. The maximum atomic E-state index is 8.75. The maximum Gasteiger partial charge on any atom is 0.345 e. The van der Waals surface area contributed by atoms with Crippen LogP contribution in [0.4, 0.5) is 0 Å². The van der Waals surface area contributed by atoms with Gasteiger partial charge in [-0.3, -0.25) is 0 Å². The Labute approximate surface area is 71.9 Å². The molecular formula is C9H9BNO. The van der Waals surface area contributed by atoms with Gasteiger partial charge in [0.1, 0.15) is 0 Å². The second kappa shape index (κ2) is 3.03. The van der Waals surface area contributed by atoms with Crippen molar-refractivity contribution in [2.75, 3.05) is 0 Å². The highest BCUT2D eigenvalue weighted by Gasteiger charge is 2.04. The normalized spacial score (nSPS) is 14.1. The number of hydrogen-bond donors (Lipinski definition) is 2. The van der Waals surface area contributed by atoms with Crippen LogP contribution in [0.25, 0.3) is 12.2 Å². The van der Waals surface area contributed by atoms with Crippen LogP contribution in [0.15, 0.2) is 18.2 Å². The highest BCUT2D eigenvalue weighted by atomic mass is 16.2. The molecule has 0 saturated heterocycles. The number of hydrogen-bond acceptors (Lipinski definition) is 1. The molecule has 2 nitrogen and oxygen atoms in total. The van der Waals surface area contributed by atoms with Gasteiger partial charge in [-0.15, -0.1) is 0 Å². The average molecular weight is 158 g/mol. The van der Waals surface area contributed by atoms with Crippen LogP contribution in [-0.4, -0.2) is 17.5 Å². The van der Waals surface area contributed by atoms with Gasteiger partial charge in [0.05, 0.1) is 0 Å². The number of aromatic nitrogens is 1. The lowest BCUT2D eigenvalue weighted by molar-refractivity contribution is 0.614. The summed E-state index contributed by atoms with van der Waals surface area (Å²) in [5.74, 6) is 0. The molecule has 0 amide bonds. The van der Waals surface area contributed by atoms with E-state index in [1.54, 1.807) is 0 Å². The molecule has 1 aliphatic carbocycles. The van der Waals surface area contributed by atoms with Crippen molar-refractivity contribution >= 4 is 25.2 Å². The molecule has 1 heterocycles. The molecule has 1 aromatic rings. The number of rotatable bonds is 1. The van der Waals surface area contributed by atoms with Gasteiger partial charge in [0.2, 0.25) is 0 Å². The number of fused-ring (bicyclic) bond motifs is 1. The largest absolute Gasteiger partial charge is 0.449 e. The lowest BCUT2D eigenvalue weighted by atomic mass is 9.96. The first kappa shape index (κ1) is 7.43. The van der Waals surface area contributed by atoms with Crippen molar-refractivity contribution in [2.24, 2.45) is 0 Å². The smallest absolute Gasteiger partial charge is 0.345 e. The van der Waals surface area contributed by atoms with E-state index in [9.17, 15) is 0 Å². The fourth-order valence-electron chi connectivity index (χ4n) is 1.31. The lowest BCUT2D eigenvalue weighted by Crippen LogP contribution is -2.13. The Bertz CT molecular complexity index is 309. The monoisotopic (exact) mass is 158 g/mol. The van der Waals surface area contributed by atoms with Crippen LogP contribution in [0.1, 0.15) is 17.7 Å². The van der Waals surface area contributed by atoms with E-state index in [0.717, 1.165) is 30.8 Å². The van der Waals surface area contributed by atoms with E-state index in [2.05, 4.69) is 23.2 Å². The Morgan fingerprint density at radius 2 is 2.17 bits per heavy atom. The summed E-state index contributed by atoms with van der Waals surface area (Å²) in [5.41, 5.74) is 2.93. The van der Waals surface area contributed by atoms with E-state index in [4.69, 9.17) is 5.02 Å². The summed E-state index contributed by atoms with van der Waals surface area (Å²) in [6, 6.07) is 1.92. The summed E-state index contributed by atoms with van der Waals surface area (Å²) in [5, 5.41) is 8.75. The van der Waals surface area contributed by atoms with Crippen LogP contribution in [0, 0.1) is 0 Å². The van der Waals surface area contributed by atoms with Gasteiger partial charge in [-0.05, 0) is 24.1 Å². The molecule has 2 N–H and O–H groups in total. The zero-order chi connectivity index (χ0) is 8.39. The van der Waals surface area contributed by atoms with Crippen molar-refractivity contribution in [2.45, 2.75) is 6.42 Å². The van der Waals surface area contributed by atoms with E-state index in [-0.39, 0.29) is 0 Å². The van der Waals surface area contributed by atoms with Crippen LogP contribution >= 0.6 is 0 Å². The minimum absolute atomic E-state index is 0.746. The number of nitrogens with one attached hydrogen (secondary N) is 1. The molecule has 12 heavy (non-hydrogen) atoms. The Balaban J connectivity index is 2.46. The SMILES string of the molecule is O[B]c1cc2c([nH]1)C=CCC=C2. The zero-order valence-corrected chi connectivity index (χ0v) is 6.62. The standard InChI is InChI=1S/C9H9BNO/c12-10-9-6-7-4-2-1-3-5-8(7)11-9/h2-6,11-12H,1H2. The lowest BCUT2D eigenvalue weighted by Gasteiger charge is -1.87. The third-order valence-electron chi connectivity index (χ3n) is 1.89. The predicted octanol–water partition coefficient (Wildman–Crippen LogP) is 0.682. The number of allylic oxidation sites excluding steroid dienone is 2. The quantitative estimate of drug-likeness (QED) is 0.579. The summed E-state index contributed by atoms with van der Waals surface area (Å²) >= 11 is 0. The van der Waals surface area contributed by atoms with Crippen molar-refractivity contribution in [1.29, 1.82) is 0 Å². The van der Waals surface area contributed by atoms with Crippen molar-refractivity contribution in [3.8, 4) is 0 Å². The zero-order valence-electron chi connectivity index (χ0n) is 6.62. The van der Waals surface area contributed by atoms with Gasteiger partial charge in [0.25, 0.3) is 0 Å². The molecule has 1 aromatic heterocycles. The van der Waals surface area contributed by atoms with Gasteiger partial charge < -0.3 is 10.0 Å². The summed E-state index contributed by atoms with van der Waals surface area (Å²) in [6.07, 6.45) is 9.24. The molecule has 0 aliphatic heterocycles. The topological polar surface area (TPSA) is 36.0 Å². The Morgan fingerprint density at radius 3 is 3.00 bits per heavy atom. The number of aromatic amines is 1. The Kier molecular flexibility index (Phi) is 1.88. The average Bonchev–Trinajstić information content (AvgIpc) is 2.37. The summed E-state index contributed by atoms with van der Waals surface area (Å²) in [7, 11) is 1.08. The van der Waals surface area contributed by atoms with E-state index >= 15 is 0 Å². The van der Waals surface area contributed by atoms with Gasteiger partial charge in [0, 0.05) is 11.3 Å². The minimum Gasteiger partial charge on any atom is -0.449 e. The highest BCUT2D eigenvalue weighted by molar-refractivity contribution is 6.44. The Hall–Kier alpha value is -1.22. The molecule has 0 bridgehead atoms. The first-order valence-corrected chi connectivity index (χ1v) is 3.93. The van der Waals surface area contributed by atoms with E-state index in [1.165, 1.54) is 0 Å². The van der Waals surface area contributed by atoms with Gasteiger partial charge in [-0.25, -0.2) is 0 Å². The molecule has 0 unspecified atom stereocenters. The maximum absolute atomic E-state index is 8.75. The molecule has 1 aliphatic rings. The van der Waals surface area contributed by atoms with E-state index in [0.29, 0.717) is 0 Å². The fraction of sp³-hybridized carbons (Fsp3) is 0.111. The minimum atomic E-state index is 0.746. The highest BCUT2D eigenvalue weighted by Crippen LogP contribution is 2.13. The molecule has 3 heteroatoms. The van der Waals surface area contributed by atoms with E-state index < -0.39 is 0 Å². The first-order valence-electron chi connectivity index (χ1n) is 3.93. The van der Waals surface area contributed by atoms with Crippen LogP contribution in [0.5, 0.6) is 0 Å². The first-order chi connectivity index (χ1) is 5.90. The second-order valence-electron chi connectivity index (χ2n) is 2.76. The predicted molar refractivity (Wildman–Crippen MR) is 51.1 cm³/mol. The number of H-pyrrole nitrogens is 1. The van der Waals surface area contributed by atoms with E-state index in [1.807, 2.05) is 12.1 Å². The van der Waals surface area contributed by atoms with Gasteiger partial charge in [-0.2, -0.15) is 0 Å². The van der Waals surface area contributed by atoms with Crippen molar-refractivity contribution < 1.29 is 5.02 Å². The second-order valence-corrected chi connectivity index (χ2v) is 2.76. The summed E-state index contributed by atoms with van der Waals surface area (Å²) in [6.45, 7) is 0. The molecule has 0 spiro atoms. The fourth-order valence-corrected chi connectivity index (χ4v) is 1.31.